The van der Waals surface area contributed by atoms with E-state index in [1.807, 2.05) is 51.4 Å². The average molecular weight is 614 g/mol. The number of ether oxygens (including phenoxy) is 1. The first-order chi connectivity index (χ1) is 18.2. The van der Waals surface area contributed by atoms with Crippen molar-refractivity contribution in [3.63, 3.8) is 0 Å². The van der Waals surface area contributed by atoms with E-state index in [-0.39, 0.29) is 24.3 Å². The lowest BCUT2D eigenvalue weighted by Gasteiger charge is -2.18. The van der Waals surface area contributed by atoms with Gasteiger partial charge in [0.25, 0.3) is 5.91 Å². The van der Waals surface area contributed by atoms with Gasteiger partial charge in [0.15, 0.2) is 0 Å². The van der Waals surface area contributed by atoms with Crippen LogP contribution < -0.4 is 15.4 Å². The molecule has 39 heavy (non-hydrogen) atoms. The quantitative estimate of drug-likeness (QED) is 0.271. The number of imidazole rings is 1. The zero-order valence-corrected chi connectivity index (χ0v) is 25.6. The van der Waals surface area contributed by atoms with Gasteiger partial charge >= 0.3 is 0 Å². The predicted molar refractivity (Wildman–Crippen MR) is 157 cm³/mol. The Morgan fingerprint density at radius 1 is 1.18 bits per heavy atom. The molecule has 11 heteroatoms. The van der Waals surface area contributed by atoms with Crippen molar-refractivity contribution in [3.05, 3.63) is 56.8 Å². The molecule has 1 fully saturated rings. The summed E-state index contributed by atoms with van der Waals surface area (Å²) in [6.07, 6.45) is 0.997. The van der Waals surface area contributed by atoms with E-state index in [2.05, 4.69) is 10.6 Å². The van der Waals surface area contributed by atoms with E-state index in [1.165, 1.54) is 0 Å². The number of nitrogens with one attached hydrogen (secondary N) is 2. The Balaban J connectivity index is 1.61. The number of fused-ring (bicyclic) bond motifs is 1. The van der Waals surface area contributed by atoms with Gasteiger partial charge in [-0.05, 0) is 36.6 Å². The standard InChI is InChI=1S/C28H32Cl4N4O3/c1-6-39-22-11-21-20(9-18(22)25(37)33-14-16-12-28(16,31)32)35-23(36(21)5)10-17-19(29)8-7-15(24(17)30)13-34-26(38)27(2,3)4/h7-9,11,16H,6,10,12-14H2,1-5H3,(H,33,37)(H,34,38). The van der Waals surface area contributed by atoms with Crippen LogP contribution in [-0.4, -0.2) is 38.9 Å². The molecule has 1 aromatic heterocycles. The van der Waals surface area contributed by atoms with E-state index in [9.17, 15) is 9.59 Å². The SMILES string of the molecule is CCOc1cc2c(cc1C(=O)NCC1CC1(Cl)Cl)nc(Cc1c(Cl)ccc(CNC(=O)C(C)(C)C)c1Cl)n2C. The van der Waals surface area contributed by atoms with Gasteiger partial charge < -0.3 is 19.9 Å². The van der Waals surface area contributed by atoms with E-state index in [1.54, 1.807) is 12.1 Å². The van der Waals surface area contributed by atoms with Gasteiger partial charge in [-0.15, -0.1) is 23.2 Å². The van der Waals surface area contributed by atoms with Crippen LogP contribution in [0, 0.1) is 11.3 Å². The molecule has 0 spiro atoms. The molecule has 0 bridgehead atoms. The molecule has 0 aliphatic heterocycles. The smallest absolute Gasteiger partial charge is 0.255 e. The monoisotopic (exact) mass is 612 g/mol. The number of halogens is 4. The van der Waals surface area contributed by atoms with Gasteiger partial charge in [0.05, 0.1) is 28.2 Å². The van der Waals surface area contributed by atoms with Crippen molar-refractivity contribution in [2.75, 3.05) is 13.2 Å². The molecule has 1 saturated carbocycles. The topological polar surface area (TPSA) is 85.2 Å². The molecule has 2 amide bonds. The first-order valence-corrected chi connectivity index (χ1v) is 14.3. The summed E-state index contributed by atoms with van der Waals surface area (Å²) in [4.78, 5) is 30.2. The van der Waals surface area contributed by atoms with Crippen molar-refractivity contribution in [2.45, 2.75) is 51.4 Å². The second-order valence-electron chi connectivity index (χ2n) is 10.8. The Bertz CT molecular complexity index is 1430. The van der Waals surface area contributed by atoms with Crippen molar-refractivity contribution in [3.8, 4) is 5.75 Å². The summed E-state index contributed by atoms with van der Waals surface area (Å²) in [5.74, 6) is 0.842. The lowest BCUT2D eigenvalue weighted by Crippen LogP contribution is -2.34. The second kappa shape index (κ2) is 11.4. The van der Waals surface area contributed by atoms with Crippen LogP contribution in [0.4, 0.5) is 0 Å². The molecule has 1 unspecified atom stereocenters. The minimum absolute atomic E-state index is 0.0255. The molecular weight excluding hydrogens is 582 g/mol. The molecule has 3 aromatic rings. The summed E-state index contributed by atoms with van der Waals surface area (Å²) in [6, 6.07) is 7.13. The van der Waals surface area contributed by atoms with Crippen LogP contribution in [-0.2, 0) is 24.8 Å². The summed E-state index contributed by atoms with van der Waals surface area (Å²) in [5, 5.41) is 6.82. The van der Waals surface area contributed by atoms with Gasteiger partial charge in [0.2, 0.25) is 5.91 Å². The van der Waals surface area contributed by atoms with E-state index >= 15 is 0 Å². The minimum Gasteiger partial charge on any atom is -0.493 e. The van der Waals surface area contributed by atoms with E-state index in [4.69, 9.17) is 56.1 Å². The number of rotatable bonds is 9. The highest BCUT2D eigenvalue weighted by Gasteiger charge is 2.51. The molecule has 1 atom stereocenters. The summed E-state index contributed by atoms with van der Waals surface area (Å²) < 4.78 is 6.97. The van der Waals surface area contributed by atoms with Crippen molar-refractivity contribution >= 4 is 69.3 Å². The van der Waals surface area contributed by atoms with Gasteiger partial charge in [0, 0.05) is 49.0 Å². The third-order valence-corrected chi connectivity index (χ3v) is 8.56. The molecule has 1 aliphatic rings. The molecule has 4 rings (SSSR count). The summed E-state index contributed by atoms with van der Waals surface area (Å²) >= 11 is 25.5. The molecule has 0 saturated heterocycles. The maximum absolute atomic E-state index is 13.0. The predicted octanol–water partition coefficient (Wildman–Crippen LogP) is 6.46. The number of amides is 2. The number of hydrogen-bond acceptors (Lipinski definition) is 4. The first kappa shape index (κ1) is 29.8. The Morgan fingerprint density at radius 2 is 1.87 bits per heavy atom. The number of aromatic nitrogens is 2. The Hall–Kier alpha value is -2.19. The normalized spacial score (nSPS) is 16.3. The maximum Gasteiger partial charge on any atom is 0.255 e. The van der Waals surface area contributed by atoms with Crippen molar-refractivity contribution < 1.29 is 14.3 Å². The Labute approximate surface area is 248 Å². The lowest BCUT2D eigenvalue weighted by atomic mass is 9.95. The largest absolute Gasteiger partial charge is 0.493 e. The fourth-order valence-electron chi connectivity index (χ4n) is 4.23. The van der Waals surface area contributed by atoms with Crippen molar-refractivity contribution in [1.29, 1.82) is 0 Å². The minimum atomic E-state index is -0.770. The summed E-state index contributed by atoms with van der Waals surface area (Å²) in [7, 11) is 1.89. The zero-order chi connectivity index (χ0) is 28.7. The van der Waals surface area contributed by atoms with Crippen LogP contribution in [0.25, 0.3) is 11.0 Å². The number of alkyl halides is 2. The first-order valence-electron chi connectivity index (χ1n) is 12.7. The van der Waals surface area contributed by atoms with Gasteiger partial charge in [0.1, 0.15) is 15.9 Å². The maximum atomic E-state index is 13.0. The van der Waals surface area contributed by atoms with E-state index in [0.717, 1.165) is 11.1 Å². The number of aryl methyl sites for hydroxylation is 1. The van der Waals surface area contributed by atoms with E-state index < -0.39 is 9.75 Å². The van der Waals surface area contributed by atoms with Crippen molar-refractivity contribution in [1.82, 2.24) is 20.2 Å². The number of benzene rings is 2. The fourth-order valence-corrected chi connectivity index (χ4v) is 5.32. The number of hydrogen-bond donors (Lipinski definition) is 2. The Kier molecular flexibility index (Phi) is 8.67. The van der Waals surface area contributed by atoms with Gasteiger partial charge in [-0.1, -0.05) is 50.0 Å². The molecule has 1 heterocycles. The number of carbonyl (C=O) groups is 2. The highest BCUT2D eigenvalue weighted by atomic mass is 35.5. The molecule has 210 valence electrons. The molecule has 2 aromatic carbocycles. The van der Waals surface area contributed by atoms with E-state index in [0.29, 0.717) is 64.3 Å². The number of nitrogens with zero attached hydrogens (tertiary/aromatic N) is 2. The third kappa shape index (κ3) is 6.59. The van der Waals surface area contributed by atoms with Crippen LogP contribution in [0.5, 0.6) is 5.75 Å². The molecular formula is C28H32Cl4N4O3. The fraction of sp³-hybridized carbons (Fsp3) is 0.464. The van der Waals surface area contributed by atoms with Gasteiger partial charge in [-0.2, -0.15) is 0 Å². The second-order valence-corrected chi connectivity index (χ2v) is 13.2. The van der Waals surface area contributed by atoms with Crippen LogP contribution in [0.2, 0.25) is 10.0 Å². The van der Waals surface area contributed by atoms with Crippen LogP contribution >= 0.6 is 46.4 Å². The van der Waals surface area contributed by atoms with Crippen molar-refractivity contribution in [2.24, 2.45) is 18.4 Å². The summed E-state index contributed by atoms with van der Waals surface area (Å²) in [6.45, 7) is 8.49. The zero-order valence-electron chi connectivity index (χ0n) is 22.6. The van der Waals surface area contributed by atoms with Crippen LogP contribution in [0.3, 0.4) is 0 Å². The number of carbonyl (C=O) groups excluding carboxylic acids is 2. The van der Waals surface area contributed by atoms with Gasteiger partial charge in [-0.3, -0.25) is 9.59 Å². The Morgan fingerprint density at radius 3 is 2.49 bits per heavy atom. The molecule has 0 radical (unpaired) electrons. The molecule has 7 nitrogen and oxygen atoms in total. The van der Waals surface area contributed by atoms with Gasteiger partial charge in [-0.25, -0.2) is 4.98 Å². The lowest BCUT2D eigenvalue weighted by molar-refractivity contribution is -0.128. The van der Waals surface area contributed by atoms with Crippen LogP contribution in [0.15, 0.2) is 24.3 Å². The third-order valence-electron chi connectivity index (χ3n) is 6.81. The highest BCUT2D eigenvalue weighted by molar-refractivity contribution is 6.50. The average Bonchev–Trinajstić information content (AvgIpc) is 3.37. The molecule has 2 N–H and O–H groups in total. The highest BCUT2D eigenvalue weighted by Crippen LogP contribution is 2.52. The summed E-state index contributed by atoms with van der Waals surface area (Å²) in [5.41, 5.74) is 2.78. The van der Waals surface area contributed by atoms with Crippen LogP contribution in [0.1, 0.15) is 61.4 Å². The molecule has 1 aliphatic carbocycles.